The van der Waals surface area contributed by atoms with Crippen molar-refractivity contribution in [3.8, 4) is 0 Å². The normalized spacial score (nSPS) is 26.7. The molecule has 4 rings (SSSR count). The van der Waals surface area contributed by atoms with Crippen molar-refractivity contribution in [1.29, 1.82) is 0 Å². The summed E-state index contributed by atoms with van der Waals surface area (Å²) in [6, 6.07) is 12.6. The summed E-state index contributed by atoms with van der Waals surface area (Å²) in [5.74, 6) is -0.0846. The van der Waals surface area contributed by atoms with E-state index in [1.165, 1.54) is 5.56 Å². The first-order valence-corrected chi connectivity index (χ1v) is 11.1. The molecule has 0 amide bonds. The van der Waals surface area contributed by atoms with Gasteiger partial charge in [-0.3, -0.25) is 9.98 Å². The van der Waals surface area contributed by atoms with Gasteiger partial charge in [-0.1, -0.05) is 18.2 Å². The first kappa shape index (κ1) is 19.0. The second-order valence-electron chi connectivity index (χ2n) is 7.31. The van der Waals surface area contributed by atoms with Crippen LogP contribution in [-0.4, -0.2) is 37.2 Å². The molecule has 1 aliphatic heterocycles. The van der Waals surface area contributed by atoms with Crippen molar-refractivity contribution in [1.82, 2.24) is 4.98 Å². The summed E-state index contributed by atoms with van der Waals surface area (Å²) in [6.45, 7) is 0.624. The lowest BCUT2D eigenvalue weighted by Gasteiger charge is -2.30. The largest absolute Gasteiger partial charge is 0.378 e. The van der Waals surface area contributed by atoms with Gasteiger partial charge in [-0.25, -0.2) is 8.42 Å². The highest BCUT2D eigenvalue weighted by molar-refractivity contribution is 7.93. The molecule has 0 N–H and O–H groups in total. The maximum absolute atomic E-state index is 13.4. The third-order valence-electron chi connectivity index (χ3n) is 5.64. The summed E-state index contributed by atoms with van der Waals surface area (Å²) < 4.78 is 32.9. The molecular weight excluding hydrogens is 372 g/mol. The van der Waals surface area contributed by atoms with Crippen molar-refractivity contribution in [3.05, 3.63) is 72.6 Å². The molecule has 0 radical (unpaired) electrons. The fourth-order valence-electron chi connectivity index (χ4n) is 4.15. The number of ether oxygens (including phenoxy) is 1. The van der Waals surface area contributed by atoms with Crippen LogP contribution in [0.1, 0.15) is 24.8 Å². The summed E-state index contributed by atoms with van der Waals surface area (Å²) in [7, 11) is -3.62. The minimum atomic E-state index is -3.62. The molecule has 1 aromatic carbocycles. The molecule has 0 spiro atoms. The minimum Gasteiger partial charge on any atom is -0.378 e. The van der Waals surface area contributed by atoms with Gasteiger partial charge in [0.2, 0.25) is 9.84 Å². The predicted octanol–water partition coefficient (Wildman–Crippen LogP) is 3.62. The van der Waals surface area contributed by atoms with Crippen molar-refractivity contribution in [2.24, 2.45) is 10.9 Å². The fraction of sp³-hybridized carbons (Fsp3) is 0.364. The molecular formula is C22H24N2O3S. The summed E-state index contributed by atoms with van der Waals surface area (Å²) in [6.07, 6.45) is 11.9. The number of aliphatic imine (C=N–C) groups is 1. The van der Waals surface area contributed by atoms with E-state index in [4.69, 9.17) is 4.74 Å². The van der Waals surface area contributed by atoms with Crippen molar-refractivity contribution in [2.45, 2.75) is 41.6 Å². The van der Waals surface area contributed by atoms with Gasteiger partial charge in [0.15, 0.2) is 4.87 Å². The van der Waals surface area contributed by atoms with Gasteiger partial charge in [-0.05, 0) is 67.7 Å². The highest BCUT2D eigenvalue weighted by Crippen LogP contribution is 2.45. The molecule has 2 aliphatic rings. The van der Waals surface area contributed by atoms with E-state index >= 15 is 0 Å². The van der Waals surface area contributed by atoms with Crippen molar-refractivity contribution in [3.63, 3.8) is 0 Å². The van der Waals surface area contributed by atoms with Gasteiger partial charge >= 0.3 is 0 Å². The zero-order valence-electron chi connectivity index (χ0n) is 15.6. The number of sulfone groups is 1. The molecule has 2 heterocycles. The fourth-order valence-corrected chi connectivity index (χ4v) is 6.16. The topological polar surface area (TPSA) is 68.6 Å². The van der Waals surface area contributed by atoms with E-state index in [2.05, 4.69) is 9.98 Å². The van der Waals surface area contributed by atoms with Gasteiger partial charge in [-0.2, -0.15) is 0 Å². The van der Waals surface area contributed by atoms with Crippen LogP contribution < -0.4 is 0 Å². The van der Waals surface area contributed by atoms with Crippen LogP contribution in [0.5, 0.6) is 0 Å². The Balaban J connectivity index is 1.45. The maximum Gasteiger partial charge on any atom is 0.208 e. The summed E-state index contributed by atoms with van der Waals surface area (Å²) >= 11 is 0. The van der Waals surface area contributed by atoms with Gasteiger partial charge in [0.1, 0.15) is 0 Å². The highest BCUT2D eigenvalue weighted by Gasteiger charge is 2.52. The molecule has 2 aromatic rings. The van der Waals surface area contributed by atoms with Crippen LogP contribution in [0.15, 0.2) is 76.9 Å². The average Bonchev–Trinajstić information content (AvgIpc) is 3.40. The Kier molecular flexibility index (Phi) is 5.42. The first-order valence-electron chi connectivity index (χ1n) is 9.65. The number of aromatic nitrogens is 1. The van der Waals surface area contributed by atoms with Gasteiger partial charge in [0.05, 0.1) is 17.6 Å². The number of pyridine rings is 1. The molecule has 1 saturated carbocycles. The van der Waals surface area contributed by atoms with Crippen LogP contribution >= 0.6 is 0 Å². The zero-order valence-corrected chi connectivity index (χ0v) is 16.5. The molecule has 1 fully saturated rings. The minimum absolute atomic E-state index is 0.0684. The van der Waals surface area contributed by atoms with Gasteiger partial charge in [0, 0.05) is 24.5 Å². The monoisotopic (exact) mass is 396 g/mol. The molecule has 1 aliphatic carbocycles. The van der Waals surface area contributed by atoms with Gasteiger partial charge in [0.25, 0.3) is 0 Å². The third kappa shape index (κ3) is 3.54. The Morgan fingerprint density at radius 2 is 1.86 bits per heavy atom. The van der Waals surface area contributed by atoms with Crippen molar-refractivity contribution < 1.29 is 13.2 Å². The number of hydrogen-bond acceptors (Lipinski definition) is 5. The Morgan fingerprint density at radius 3 is 2.57 bits per heavy atom. The third-order valence-corrected chi connectivity index (χ3v) is 7.97. The van der Waals surface area contributed by atoms with Crippen molar-refractivity contribution >= 4 is 16.1 Å². The Hall–Kier alpha value is -2.31. The Bertz CT molecular complexity index is 944. The van der Waals surface area contributed by atoms with Crippen LogP contribution in [0.4, 0.5) is 0 Å². The molecule has 1 aromatic heterocycles. The molecule has 3 atom stereocenters. The SMILES string of the molecule is O=S(=O)(c1ccccc1)C1(C2CCC(OCCc3ccncc3)C2)C=CC=N1. The number of hydrogen-bond donors (Lipinski definition) is 0. The van der Waals surface area contributed by atoms with Crippen LogP contribution in [0.2, 0.25) is 0 Å². The molecule has 3 unspecified atom stereocenters. The van der Waals surface area contributed by atoms with E-state index in [-0.39, 0.29) is 12.0 Å². The Labute approximate surface area is 166 Å². The molecule has 5 nitrogen and oxygen atoms in total. The Morgan fingerprint density at radius 1 is 1.07 bits per heavy atom. The molecule has 0 bridgehead atoms. The van der Waals surface area contributed by atoms with Crippen LogP contribution in [0.3, 0.4) is 0 Å². The van der Waals surface area contributed by atoms with E-state index in [1.54, 1.807) is 55.0 Å². The lowest BCUT2D eigenvalue weighted by Crippen LogP contribution is -2.40. The quantitative estimate of drug-likeness (QED) is 0.717. The van der Waals surface area contributed by atoms with E-state index in [1.807, 2.05) is 18.2 Å². The standard InChI is InChI=1S/C22H24N2O3S/c25-28(26,21-5-2-1-3-6-21)22(12-4-13-24-22)19-7-8-20(17-19)27-16-11-18-9-14-23-15-10-18/h1-6,9-10,12-15,19-20H,7-8,11,16-17H2. The first-order chi connectivity index (χ1) is 13.6. The predicted molar refractivity (Wildman–Crippen MR) is 109 cm³/mol. The van der Waals surface area contributed by atoms with Crippen LogP contribution in [0.25, 0.3) is 0 Å². The van der Waals surface area contributed by atoms with Crippen molar-refractivity contribution in [2.75, 3.05) is 6.61 Å². The van der Waals surface area contributed by atoms with E-state index < -0.39 is 14.7 Å². The van der Waals surface area contributed by atoms with E-state index in [9.17, 15) is 8.42 Å². The molecule has 0 saturated heterocycles. The zero-order chi connectivity index (χ0) is 19.5. The van der Waals surface area contributed by atoms with Gasteiger partial charge < -0.3 is 4.74 Å². The smallest absolute Gasteiger partial charge is 0.208 e. The van der Waals surface area contributed by atoms with E-state index in [0.717, 1.165) is 19.3 Å². The van der Waals surface area contributed by atoms with Crippen LogP contribution in [-0.2, 0) is 21.0 Å². The highest BCUT2D eigenvalue weighted by atomic mass is 32.2. The molecule has 146 valence electrons. The van der Waals surface area contributed by atoms with E-state index in [0.29, 0.717) is 17.9 Å². The second kappa shape index (κ2) is 7.97. The average molecular weight is 397 g/mol. The lowest BCUT2D eigenvalue weighted by atomic mass is 9.98. The van der Waals surface area contributed by atoms with Crippen LogP contribution in [0, 0.1) is 5.92 Å². The number of allylic oxidation sites excluding steroid dienone is 1. The summed E-state index contributed by atoms with van der Waals surface area (Å²) in [5.41, 5.74) is 1.19. The number of nitrogens with zero attached hydrogens (tertiary/aromatic N) is 2. The second-order valence-corrected chi connectivity index (χ2v) is 9.45. The van der Waals surface area contributed by atoms with Gasteiger partial charge in [-0.15, -0.1) is 0 Å². The number of benzene rings is 1. The maximum atomic E-state index is 13.4. The molecule has 6 heteroatoms. The summed E-state index contributed by atoms with van der Waals surface area (Å²) in [4.78, 5) is 7.61. The lowest BCUT2D eigenvalue weighted by molar-refractivity contribution is 0.0569. The summed E-state index contributed by atoms with van der Waals surface area (Å²) in [5, 5.41) is 0. The number of rotatable bonds is 7. The molecule has 28 heavy (non-hydrogen) atoms.